The first-order chi connectivity index (χ1) is 7.97. The van der Waals surface area contributed by atoms with E-state index in [-0.39, 0.29) is 29.5 Å². The molecule has 1 aromatic rings. The van der Waals surface area contributed by atoms with E-state index in [1.165, 1.54) is 22.9 Å². The van der Waals surface area contributed by atoms with Crippen LogP contribution in [0.15, 0.2) is 24.5 Å². The van der Waals surface area contributed by atoms with Crippen LogP contribution in [0, 0.1) is 0 Å². The molecule has 8 nitrogen and oxygen atoms in total. The van der Waals surface area contributed by atoms with E-state index in [0.29, 0.717) is 0 Å². The number of aryl methyl sites for hydroxylation is 1. The van der Waals surface area contributed by atoms with Crippen LogP contribution < -0.4 is 28.5 Å². The Morgan fingerprint density at radius 1 is 1.42 bits per heavy atom. The van der Waals surface area contributed by atoms with Crippen LogP contribution in [-0.4, -0.2) is 32.5 Å². The molecule has 4 N–H and O–H groups in total. The Morgan fingerprint density at radius 3 is 2.32 bits per heavy atom. The maximum absolute atomic E-state index is 11.1. The third-order valence-electron chi connectivity index (χ3n) is 2.30. The van der Waals surface area contributed by atoms with Crippen molar-refractivity contribution in [2.24, 2.45) is 7.05 Å². The first-order valence-corrected chi connectivity index (χ1v) is 7.72. The Kier molecular flexibility index (Phi) is 6.09. The SMILES string of the molecule is C[n+]1cccc(CC(O)(P(=O)(O)O)S(=O)(=O)O)c1.[I-]. The Bertz CT molecular complexity index is 601. The van der Waals surface area contributed by atoms with Crippen molar-refractivity contribution in [3.05, 3.63) is 30.1 Å². The second kappa shape index (κ2) is 6.12. The van der Waals surface area contributed by atoms with Crippen LogP contribution in [0.25, 0.3) is 0 Å². The third-order valence-corrected chi connectivity index (χ3v) is 5.75. The average Bonchev–Trinajstić information content (AvgIpc) is 2.13. The highest BCUT2D eigenvalue weighted by Gasteiger charge is 2.56. The standard InChI is InChI=1S/C8H12NO7PS.HI/c1-9-4-2-3-7(6-9)5-8(10,17(11,12)13)18(14,15)16;/h2-4,6,10H,5H2,1H3,(H2-,11,12,13,14,15,16);1H. The van der Waals surface area contributed by atoms with Gasteiger partial charge >= 0.3 is 17.7 Å². The summed E-state index contributed by atoms with van der Waals surface area (Å²) >= 11 is 0. The minimum absolute atomic E-state index is 0. The molecule has 0 aliphatic heterocycles. The highest BCUT2D eigenvalue weighted by molar-refractivity contribution is 7.94. The maximum Gasteiger partial charge on any atom is 0.375 e. The van der Waals surface area contributed by atoms with Gasteiger partial charge in [0, 0.05) is 18.1 Å². The molecular weight excluding hydrogens is 412 g/mol. The zero-order valence-electron chi connectivity index (χ0n) is 9.71. The maximum atomic E-state index is 11.1. The van der Waals surface area contributed by atoms with Crippen molar-refractivity contribution >= 4 is 17.7 Å². The molecule has 0 saturated carbocycles. The number of halogens is 1. The van der Waals surface area contributed by atoms with Crippen molar-refractivity contribution in [3.8, 4) is 0 Å². The molecule has 0 saturated heterocycles. The van der Waals surface area contributed by atoms with Gasteiger partial charge in [0.1, 0.15) is 7.05 Å². The van der Waals surface area contributed by atoms with Crippen molar-refractivity contribution in [2.75, 3.05) is 0 Å². The molecule has 1 unspecified atom stereocenters. The molecular formula is C8H13INO7PS. The highest BCUT2D eigenvalue weighted by atomic mass is 127. The normalized spacial score (nSPS) is 15.4. The number of nitrogens with zero attached hydrogens (tertiary/aromatic N) is 1. The molecule has 0 aliphatic carbocycles. The predicted molar refractivity (Wildman–Crippen MR) is 59.9 cm³/mol. The summed E-state index contributed by atoms with van der Waals surface area (Å²) in [6.07, 6.45) is 2.05. The van der Waals surface area contributed by atoms with E-state index in [1.807, 2.05) is 0 Å². The summed E-state index contributed by atoms with van der Waals surface area (Å²) in [5, 5.41) is 9.62. The molecule has 0 aromatic carbocycles. The molecule has 0 fully saturated rings. The van der Waals surface area contributed by atoms with Crippen LogP contribution >= 0.6 is 7.60 Å². The number of hydrogen-bond acceptors (Lipinski definition) is 4. The smallest absolute Gasteiger partial charge is 0.375 e. The zero-order valence-corrected chi connectivity index (χ0v) is 13.6. The van der Waals surface area contributed by atoms with Gasteiger partial charge in [-0.2, -0.15) is 8.42 Å². The molecule has 11 heteroatoms. The summed E-state index contributed by atoms with van der Waals surface area (Å²) in [6.45, 7) is 0. The molecule has 1 aromatic heterocycles. The topological polar surface area (TPSA) is 136 Å². The predicted octanol–water partition coefficient (Wildman–Crippen LogP) is -4.23. The minimum atomic E-state index is -5.48. The lowest BCUT2D eigenvalue weighted by Gasteiger charge is -2.24. The molecule has 0 aliphatic rings. The van der Waals surface area contributed by atoms with E-state index in [0.717, 1.165) is 0 Å². The Morgan fingerprint density at radius 2 is 1.95 bits per heavy atom. The van der Waals surface area contributed by atoms with Crippen LogP contribution in [0.3, 0.4) is 0 Å². The lowest BCUT2D eigenvalue weighted by molar-refractivity contribution is -0.671. The number of rotatable bonds is 4. The second-order valence-electron chi connectivity index (χ2n) is 3.82. The number of hydrogen-bond donors (Lipinski definition) is 4. The fourth-order valence-corrected chi connectivity index (χ4v) is 3.30. The van der Waals surface area contributed by atoms with Gasteiger partial charge in [-0.25, -0.2) is 4.57 Å². The van der Waals surface area contributed by atoms with Gasteiger partial charge in [-0.1, -0.05) is 0 Å². The van der Waals surface area contributed by atoms with Crippen molar-refractivity contribution in [3.63, 3.8) is 0 Å². The van der Waals surface area contributed by atoms with Gasteiger partial charge in [-0.15, -0.1) is 0 Å². The van der Waals surface area contributed by atoms with Crippen molar-refractivity contribution in [1.82, 2.24) is 0 Å². The van der Waals surface area contributed by atoms with Crippen molar-refractivity contribution in [1.29, 1.82) is 0 Å². The Hall–Kier alpha value is -0.100. The molecule has 0 spiro atoms. The summed E-state index contributed by atoms with van der Waals surface area (Å²) in [4.78, 5) is 17.8. The second-order valence-corrected chi connectivity index (χ2v) is 7.57. The lowest BCUT2D eigenvalue weighted by atomic mass is 10.2. The molecule has 0 amide bonds. The summed E-state index contributed by atoms with van der Waals surface area (Å²) in [6, 6.07) is 2.87. The largest absolute Gasteiger partial charge is 1.00 e. The van der Waals surface area contributed by atoms with E-state index in [4.69, 9.17) is 14.3 Å². The number of aliphatic hydroxyl groups is 1. The van der Waals surface area contributed by atoms with E-state index < -0.39 is 28.8 Å². The average molecular weight is 425 g/mol. The van der Waals surface area contributed by atoms with Gasteiger partial charge < -0.3 is 38.9 Å². The fourth-order valence-electron chi connectivity index (χ4n) is 1.36. The van der Waals surface area contributed by atoms with E-state index >= 15 is 0 Å². The van der Waals surface area contributed by atoms with Gasteiger partial charge in [-0.05, 0) is 6.07 Å². The number of pyridine rings is 1. The Labute approximate surface area is 127 Å². The third kappa shape index (κ3) is 4.18. The minimum Gasteiger partial charge on any atom is -1.00 e. The van der Waals surface area contributed by atoms with E-state index in [2.05, 4.69) is 0 Å². The monoisotopic (exact) mass is 425 g/mol. The molecule has 1 atom stereocenters. The summed E-state index contributed by atoms with van der Waals surface area (Å²) in [5.74, 6) is 0. The molecule has 0 radical (unpaired) electrons. The van der Waals surface area contributed by atoms with Gasteiger partial charge in [0.15, 0.2) is 12.4 Å². The van der Waals surface area contributed by atoms with Crippen LogP contribution in [0.5, 0.6) is 0 Å². The Balaban J connectivity index is 0.00000324. The molecule has 0 bridgehead atoms. The number of aromatic nitrogens is 1. The van der Waals surface area contributed by atoms with E-state index in [9.17, 15) is 18.1 Å². The first-order valence-electron chi connectivity index (χ1n) is 4.66. The summed E-state index contributed by atoms with van der Waals surface area (Å²) in [5.41, 5.74) is 0.142. The summed E-state index contributed by atoms with van der Waals surface area (Å²) in [7, 11) is -9.23. The molecule has 19 heavy (non-hydrogen) atoms. The fraction of sp³-hybridized carbons (Fsp3) is 0.375. The van der Waals surface area contributed by atoms with Crippen LogP contribution in [0.1, 0.15) is 5.56 Å². The van der Waals surface area contributed by atoms with Crippen molar-refractivity contribution < 1.29 is 61.0 Å². The highest BCUT2D eigenvalue weighted by Crippen LogP contribution is 2.53. The molecule has 110 valence electrons. The first kappa shape index (κ1) is 18.9. The van der Waals surface area contributed by atoms with Gasteiger partial charge in [0.25, 0.3) is 4.67 Å². The van der Waals surface area contributed by atoms with Crippen LogP contribution in [0.4, 0.5) is 0 Å². The van der Waals surface area contributed by atoms with Crippen LogP contribution in [-0.2, 0) is 28.2 Å². The van der Waals surface area contributed by atoms with Crippen LogP contribution in [0.2, 0.25) is 0 Å². The van der Waals surface area contributed by atoms with Gasteiger partial charge in [-0.3, -0.25) is 9.12 Å². The van der Waals surface area contributed by atoms with Gasteiger partial charge in [0.2, 0.25) is 0 Å². The van der Waals surface area contributed by atoms with Crippen molar-refractivity contribution in [2.45, 2.75) is 11.1 Å². The van der Waals surface area contributed by atoms with Gasteiger partial charge in [0.05, 0.1) is 0 Å². The lowest BCUT2D eigenvalue weighted by Crippen LogP contribution is -3.00. The molecule has 1 rings (SSSR count). The summed E-state index contributed by atoms with van der Waals surface area (Å²) < 4.78 is 39.9. The van der Waals surface area contributed by atoms with E-state index in [1.54, 1.807) is 13.2 Å². The zero-order chi connectivity index (χ0) is 14.2. The molecule has 1 heterocycles. The quantitative estimate of drug-likeness (QED) is 0.166.